The summed E-state index contributed by atoms with van der Waals surface area (Å²) in [4.78, 5) is 0. The maximum atomic E-state index is 5.18. The van der Waals surface area contributed by atoms with E-state index in [-0.39, 0.29) is 20.9 Å². The molecule has 0 radical (unpaired) electrons. The third-order valence-electron chi connectivity index (χ3n) is 1.71. The van der Waals surface area contributed by atoms with Crippen LogP contribution in [0.3, 0.4) is 0 Å². The first kappa shape index (κ1) is 10.4. The first-order chi connectivity index (χ1) is 7.45. The van der Waals surface area contributed by atoms with Crippen LogP contribution in [-0.2, 0) is 0 Å². The molecule has 0 fully saturated rings. The van der Waals surface area contributed by atoms with Gasteiger partial charge in [-0.2, -0.15) is 0 Å². The van der Waals surface area contributed by atoms with Gasteiger partial charge in [0.15, 0.2) is 0 Å². The fraction of sp³-hybridized carbons (Fsp3) is 0. The first-order valence-electron chi connectivity index (χ1n) is 4.51. The molecule has 0 atom stereocenters. The van der Waals surface area contributed by atoms with Gasteiger partial charge in [-0.15, -0.1) is 0 Å². The molecule has 0 aliphatic rings. The molecule has 0 N–H and O–H groups in total. The van der Waals surface area contributed by atoms with Gasteiger partial charge < -0.3 is 0 Å². The number of furan rings is 2. The molecular weight excluding hydrogens is 304 g/mol. The molecule has 0 aliphatic heterocycles. The normalized spacial score (nSPS) is 11.7. The van der Waals surface area contributed by atoms with E-state index in [1.165, 1.54) is 0 Å². The standard InChI is InChI=1S/C12H10O2Te/c1-3-11(13-7-1)5-9-15-10-6-12-4-2-8-14-12/h1-10H/b9-5+,10-6+. The van der Waals surface area contributed by atoms with Gasteiger partial charge in [-0.3, -0.25) is 0 Å². The molecule has 2 aromatic heterocycles. The Hall–Kier alpha value is -1.17. The van der Waals surface area contributed by atoms with E-state index in [4.69, 9.17) is 8.83 Å². The Morgan fingerprint density at radius 3 is 1.80 bits per heavy atom. The van der Waals surface area contributed by atoms with E-state index in [1.807, 2.05) is 36.4 Å². The Balaban J connectivity index is 1.80. The monoisotopic (exact) mass is 316 g/mol. The van der Waals surface area contributed by atoms with E-state index in [2.05, 4.69) is 8.25 Å². The second-order valence-corrected chi connectivity index (χ2v) is 5.10. The van der Waals surface area contributed by atoms with Crippen LogP contribution in [0.25, 0.3) is 12.2 Å². The van der Waals surface area contributed by atoms with Gasteiger partial charge in [-0.25, -0.2) is 0 Å². The third-order valence-corrected chi connectivity index (χ3v) is 3.38. The van der Waals surface area contributed by atoms with Gasteiger partial charge in [0.25, 0.3) is 0 Å². The van der Waals surface area contributed by atoms with Crippen LogP contribution in [-0.4, -0.2) is 20.9 Å². The van der Waals surface area contributed by atoms with Crippen molar-refractivity contribution in [3.63, 3.8) is 0 Å². The van der Waals surface area contributed by atoms with Gasteiger partial charge in [-0.1, -0.05) is 0 Å². The Labute approximate surface area is 98.4 Å². The Morgan fingerprint density at radius 2 is 1.40 bits per heavy atom. The van der Waals surface area contributed by atoms with Crippen molar-refractivity contribution in [3.05, 3.63) is 56.6 Å². The minimum absolute atomic E-state index is 0.239. The van der Waals surface area contributed by atoms with Crippen molar-refractivity contribution in [2.24, 2.45) is 0 Å². The molecule has 0 unspecified atom stereocenters. The van der Waals surface area contributed by atoms with Crippen molar-refractivity contribution in [2.75, 3.05) is 0 Å². The number of hydrogen-bond donors (Lipinski definition) is 0. The average molecular weight is 314 g/mol. The second-order valence-electron chi connectivity index (χ2n) is 2.77. The number of hydrogen-bond acceptors (Lipinski definition) is 2. The fourth-order valence-corrected chi connectivity index (χ4v) is 2.50. The van der Waals surface area contributed by atoms with Crippen LogP contribution in [0.2, 0.25) is 0 Å². The van der Waals surface area contributed by atoms with Gasteiger partial charge in [0, 0.05) is 0 Å². The predicted molar refractivity (Wildman–Crippen MR) is 61.2 cm³/mol. The quantitative estimate of drug-likeness (QED) is 0.810. The van der Waals surface area contributed by atoms with E-state index in [1.54, 1.807) is 12.5 Å². The third kappa shape index (κ3) is 3.47. The molecule has 0 saturated heterocycles. The van der Waals surface area contributed by atoms with Crippen molar-refractivity contribution in [2.45, 2.75) is 0 Å². The molecule has 3 heteroatoms. The zero-order chi connectivity index (χ0) is 10.3. The summed E-state index contributed by atoms with van der Waals surface area (Å²) >= 11 is -0.239. The van der Waals surface area contributed by atoms with Gasteiger partial charge in [0.1, 0.15) is 0 Å². The molecule has 0 bridgehead atoms. The molecule has 76 valence electrons. The van der Waals surface area contributed by atoms with E-state index >= 15 is 0 Å². The predicted octanol–water partition coefficient (Wildman–Crippen LogP) is 3.22. The van der Waals surface area contributed by atoms with Crippen molar-refractivity contribution >= 4 is 33.1 Å². The summed E-state index contributed by atoms with van der Waals surface area (Å²) < 4.78 is 14.7. The summed E-state index contributed by atoms with van der Waals surface area (Å²) in [6.07, 6.45) is 7.38. The summed E-state index contributed by atoms with van der Waals surface area (Å²) in [6.45, 7) is 0. The Bertz CT molecular complexity index is 382. The fourth-order valence-electron chi connectivity index (χ4n) is 1.03. The van der Waals surface area contributed by atoms with Crippen LogP contribution in [0.4, 0.5) is 0 Å². The van der Waals surface area contributed by atoms with Crippen LogP contribution < -0.4 is 0 Å². The molecule has 15 heavy (non-hydrogen) atoms. The topological polar surface area (TPSA) is 26.3 Å². The van der Waals surface area contributed by atoms with Gasteiger partial charge in [0.2, 0.25) is 0 Å². The molecular formula is C12H10O2Te. The molecule has 2 rings (SSSR count). The van der Waals surface area contributed by atoms with Crippen molar-refractivity contribution in [1.29, 1.82) is 0 Å². The molecule has 2 heterocycles. The molecule has 2 nitrogen and oxygen atoms in total. The first-order valence-corrected chi connectivity index (χ1v) is 7.20. The Morgan fingerprint density at radius 1 is 0.867 bits per heavy atom. The summed E-state index contributed by atoms with van der Waals surface area (Å²) in [5.74, 6) is 1.82. The van der Waals surface area contributed by atoms with Crippen LogP contribution >= 0.6 is 0 Å². The molecule has 2 aromatic rings. The van der Waals surface area contributed by atoms with Crippen LogP contribution in [0.1, 0.15) is 11.5 Å². The zero-order valence-corrected chi connectivity index (χ0v) is 10.3. The zero-order valence-electron chi connectivity index (χ0n) is 8.00. The molecule has 0 spiro atoms. The van der Waals surface area contributed by atoms with Crippen molar-refractivity contribution in [3.8, 4) is 0 Å². The van der Waals surface area contributed by atoms with Crippen LogP contribution in [0.5, 0.6) is 0 Å². The van der Waals surface area contributed by atoms with Crippen LogP contribution in [0, 0.1) is 0 Å². The Kier molecular flexibility index (Phi) is 3.90. The summed E-state index contributed by atoms with van der Waals surface area (Å²) in [7, 11) is 0. The van der Waals surface area contributed by atoms with E-state index in [0.29, 0.717) is 0 Å². The second kappa shape index (κ2) is 5.65. The van der Waals surface area contributed by atoms with E-state index in [9.17, 15) is 0 Å². The maximum absolute atomic E-state index is 5.18. The minimum atomic E-state index is -0.239. The van der Waals surface area contributed by atoms with Crippen LogP contribution in [0.15, 0.2) is 53.9 Å². The summed E-state index contributed by atoms with van der Waals surface area (Å²) in [6, 6.07) is 7.66. The van der Waals surface area contributed by atoms with E-state index in [0.717, 1.165) is 11.5 Å². The molecule has 0 saturated carbocycles. The summed E-state index contributed by atoms with van der Waals surface area (Å²) in [5, 5.41) is 0. The average Bonchev–Trinajstić information content (AvgIpc) is 2.88. The molecule has 0 aromatic carbocycles. The SMILES string of the molecule is C(=C\c1ccco1)/[Te]/C=C/c1ccco1. The van der Waals surface area contributed by atoms with Gasteiger partial charge in [0.05, 0.1) is 0 Å². The van der Waals surface area contributed by atoms with Gasteiger partial charge >= 0.3 is 98.5 Å². The van der Waals surface area contributed by atoms with Crippen molar-refractivity contribution < 1.29 is 8.83 Å². The van der Waals surface area contributed by atoms with Gasteiger partial charge in [-0.05, 0) is 0 Å². The summed E-state index contributed by atoms with van der Waals surface area (Å²) in [5.41, 5.74) is 0. The molecule has 0 aliphatic carbocycles. The van der Waals surface area contributed by atoms with E-state index < -0.39 is 0 Å². The number of rotatable bonds is 4. The molecule has 0 amide bonds. The van der Waals surface area contributed by atoms with Crippen molar-refractivity contribution in [1.82, 2.24) is 0 Å².